The van der Waals surface area contributed by atoms with Gasteiger partial charge in [-0.1, -0.05) is 0 Å². The number of rotatable bonds is 3. The summed E-state index contributed by atoms with van der Waals surface area (Å²) in [6.07, 6.45) is 3.88. The van der Waals surface area contributed by atoms with Crippen molar-refractivity contribution in [1.29, 1.82) is 0 Å². The molecule has 0 atom stereocenters. The Kier molecular flexibility index (Phi) is 2.79. The first-order valence-corrected chi connectivity index (χ1v) is 5.74. The van der Waals surface area contributed by atoms with E-state index in [0.717, 1.165) is 6.20 Å². The van der Waals surface area contributed by atoms with E-state index in [0.29, 0.717) is 10.9 Å². The van der Waals surface area contributed by atoms with Gasteiger partial charge in [0.25, 0.3) is 5.69 Å². The van der Waals surface area contributed by atoms with Gasteiger partial charge in [-0.25, -0.2) is 19.4 Å². The summed E-state index contributed by atoms with van der Waals surface area (Å²) in [5.41, 5.74) is 0.224. The number of aromatic nitrogens is 4. The quantitative estimate of drug-likeness (QED) is 0.570. The van der Waals surface area contributed by atoms with E-state index in [1.807, 2.05) is 0 Å². The van der Waals surface area contributed by atoms with Crippen LogP contribution in [0.4, 0.5) is 5.69 Å². The molecular weight excluding hydrogens is 278 g/mol. The molecule has 3 aromatic rings. The van der Waals surface area contributed by atoms with Gasteiger partial charge in [-0.05, 0) is 6.07 Å². The summed E-state index contributed by atoms with van der Waals surface area (Å²) in [6, 6.07) is 4.33. The van der Waals surface area contributed by atoms with Gasteiger partial charge in [-0.3, -0.25) is 10.1 Å². The van der Waals surface area contributed by atoms with Crippen LogP contribution in [0.25, 0.3) is 16.7 Å². The van der Waals surface area contributed by atoms with E-state index < -0.39 is 10.9 Å². The Morgan fingerprint density at radius 3 is 2.67 bits per heavy atom. The van der Waals surface area contributed by atoms with Gasteiger partial charge in [0.1, 0.15) is 0 Å². The monoisotopic (exact) mass is 285 g/mol. The molecule has 0 bridgehead atoms. The zero-order valence-electron chi connectivity index (χ0n) is 10.4. The fourth-order valence-electron chi connectivity index (χ4n) is 1.84. The van der Waals surface area contributed by atoms with Gasteiger partial charge in [0.2, 0.25) is 0 Å². The number of carbonyl (C=O) groups is 1. The van der Waals surface area contributed by atoms with Gasteiger partial charge in [-0.15, -0.1) is 0 Å². The number of aromatic carboxylic acids is 1. The molecule has 9 heteroatoms. The topological polar surface area (TPSA) is 124 Å². The lowest BCUT2D eigenvalue weighted by Gasteiger charge is -2.02. The zero-order chi connectivity index (χ0) is 15.0. The average molecular weight is 285 g/mol. The Balaban J connectivity index is 2.13. The minimum Gasteiger partial charge on any atom is -0.476 e. The smallest absolute Gasteiger partial charge is 0.356 e. The lowest BCUT2D eigenvalue weighted by molar-refractivity contribution is -0.384. The summed E-state index contributed by atoms with van der Waals surface area (Å²) in [6.45, 7) is 0. The molecule has 9 nitrogen and oxygen atoms in total. The van der Waals surface area contributed by atoms with Crippen molar-refractivity contribution < 1.29 is 14.8 Å². The molecule has 0 unspecified atom stereocenters. The number of carboxylic acid groups (broad SMARTS) is 1. The predicted octanol–water partition coefficient (Wildman–Crippen LogP) is 1.42. The number of non-ortho nitro benzene ring substituents is 1. The van der Waals surface area contributed by atoms with Gasteiger partial charge < -0.3 is 5.11 Å². The summed E-state index contributed by atoms with van der Waals surface area (Å²) < 4.78 is 1.36. The molecule has 3 rings (SSSR count). The largest absolute Gasteiger partial charge is 0.476 e. The van der Waals surface area contributed by atoms with E-state index in [1.165, 1.54) is 29.2 Å². The molecule has 104 valence electrons. The van der Waals surface area contributed by atoms with Crippen molar-refractivity contribution in [2.45, 2.75) is 0 Å². The van der Waals surface area contributed by atoms with E-state index >= 15 is 0 Å². The minimum atomic E-state index is -1.19. The summed E-state index contributed by atoms with van der Waals surface area (Å²) in [5.74, 6) is -0.912. The van der Waals surface area contributed by atoms with Crippen LogP contribution in [-0.4, -0.2) is 35.7 Å². The second-order valence-corrected chi connectivity index (χ2v) is 4.12. The number of nitrogens with zero attached hydrogens (tertiary/aromatic N) is 5. The molecule has 0 fully saturated rings. The highest BCUT2D eigenvalue weighted by atomic mass is 16.6. The van der Waals surface area contributed by atoms with Crippen LogP contribution in [0.1, 0.15) is 10.5 Å². The molecule has 1 aromatic carbocycles. The average Bonchev–Trinajstić information content (AvgIpc) is 2.90. The summed E-state index contributed by atoms with van der Waals surface area (Å²) >= 11 is 0. The maximum Gasteiger partial charge on any atom is 0.356 e. The second kappa shape index (κ2) is 4.63. The summed E-state index contributed by atoms with van der Waals surface area (Å²) in [5, 5.41) is 24.4. The Morgan fingerprint density at radius 1 is 1.24 bits per heavy atom. The maximum atomic E-state index is 10.8. The van der Waals surface area contributed by atoms with Gasteiger partial charge in [0.15, 0.2) is 11.5 Å². The van der Waals surface area contributed by atoms with Gasteiger partial charge in [-0.2, -0.15) is 5.10 Å². The van der Waals surface area contributed by atoms with E-state index in [9.17, 15) is 14.9 Å². The normalized spacial score (nSPS) is 10.7. The molecule has 0 aliphatic carbocycles. The van der Waals surface area contributed by atoms with Crippen LogP contribution >= 0.6 is 0 Å². The van der Waals surface area contributed by atoms with E-state index in [4.69, 9.17) is 5.11 Å². The van der Waals surface area contributed by atoms with Crippen LogP contribution in [0.5, 0.6) is 0 Å². The molecule has 2 aromatic heterocycles. The molecule has 0 saturated heterocycles. The van der Waals surface area contributed by atoms with Gasteiger partial charge in [0.05, 0.1) is 29.0 Å². The lowest BCUT2D eigenvalue weighted by Crippen LogP contribution is -2.05. The zero-order valence-corrected chi connectivity index (χ0v) is 10.4. The molecule has 0 amide bonds. The van der Waals surface area contributed by atoms with Crippen molar-refractivity contribution in [2.75, 3.05) is 0 Å². The van der Waals surface area contributed by atoms with Gasteiger partial charge in [0, 0.05) is 17.5 Å². The predicted molar refractivity (Wildman–Crippen MR) is 70.3 cm³/mol. The number of nitro groups is 1. The van der Waals surface area contributed by atoms with Crippen LogP contribution in [-0.2, 0) is 0 Å². The van der Waals surface area contributed by atoms with Crippen molar-refractivity contribution in [2.24, 2.45) is 0 Å². The van der Waals surface area contributed by atoms with E-state index in [2.05, 4.69) is 15.1 Å². The number of carboxylic acids is 1. The molecule has 0 saturated carbocycles. The van der Waals surface area contributed by atoms with Crippen molar-refractivity contribution in [3.8, 4) is 5.82 Å². The standard InChI is InChI=1S/C12H7N5O4/c18-12(19)9-5-14-11(6-13-9)16-10-3-8(17(20)21)2-1-7(10)4-15-16/h1-6H,(H,18,19). The fraction of sp³-hybridized carbons (Fsp3) is 0. The van der Waals surface area contributed by atoms with Crippen LogP contribution in [0.2, 0.25) is 0 Å². The van der Waals surface area contributed by atoms with Crippen LogP contribution in [0.15, 0.2) is 36.8 Å². The Hall–Kier alpha value is -3.36. The van der Waals surface area contributed by atoms with Crippen molar-refractivity contribution in [3.63, 3.8) is 0 Å². The second-order valence-electron chi connectivity index (χ2n) is 4.12. The number of fused-ring (bicyclic) bond motifs is 1. The Bertz CT molecular complexity index is 856. The third-order valence-corrected chi connectivity index (χ3v) is 2.84. The fourth-order valence-corrected chi connectivity index (χ4v) is 1.84. The Morgan fingerprint density at radius 2 is 2.05 bits per heavy atom. The lowest BCUT2D eigenvalue weighted by atomic mass is 10.2. The molecule has 0 aliphatic heterocycles. The molecule has 0 radical (unpaired) electrons. The molecule has 2 heterocycles. The van der Waals surface area contributed by atoms with Crippen LogP contribution in [0, 0.1) is 10.1 Å². The van der Waals surface area contributed by atoms with Crippen molar-refractivity contribution >= 4 is 22.6 Å². The van der Waals surface area contributed by atoms with Crippen LogP contribution in [0.3, 0.4) is 0 Å². The molecule has 21 heavy (non-hydrogen) atoms. The molecule has 1 N–H and O–H groups in total. The molecular formula is C12H7N5O4. The third-order valence-electron chi connectivity index (χ3n) is 2.84. The van der Waals surface area contributed by atoms with E-state index in [-0.39, 0.29) is 17.2 Å². The first kappa shape index (κ1) is 12.7. The maximum absolute atomic E-state index is 10.8. The van der Waals surface area contributed by atoms with Crippen molar-refractivity contribution in [1.82, 2.24) is 19.7 Å². The SMILES string of the molecule is O=C(O)c1cnc(-n2ncc3ccc([N+](=O)[O-])cc32)cn1. The van der Waals surface area contributed by atoms with Gasteiger partial charge >= 0.3 is 5.97 Å². The highest BCUT2D eigenvalue weighted by molar-refractivity contribution is 5.85. The summed E-state index contributed by atoms with van der Waals surface area (Å²) in [4.78, 5) is 28.7. The number of nitro benzene ring substituents is 1. The first-order valence-electron chi connectivity index (χ1n) is 5.74. The third kappa shape index (κ3) is 2.16. The highest BCUT2D eigenvalue weighted by Crippen LogP contribution is 2.22. The first-order chi connectivity index (χ1) is 10.1. The Labute approximate surface area is 116 Å². The summed E-state index contributed by atoms with van der Waals surface area (Å²) in [7, 11) is 0. The molecule has 0 spiro atoms. The number of hydrogen-bond donors (Lipinski definition) is 1. The van der Waals surface area contributed by atoms with Crippen molar-refractivity contribution in [3.05, 3.63) is 52.6 Å². The highest BCUT2D eigenvalue weighted by Gasteiger charge is 2.13. The number of benzene rings is 1. The molecule has 0 aliphatic rings. The minimum absolute atomic E-state index is 0.0700. The van der Waals surface area contributed by atoms with Crippen LogP contribution < -0.4 is 0 Å². The number of hydrogen-bond acceptors (Lipinski definition) is 6. The van der Waals surface area contributed by atoms with E-state index in [1.54, 1.807) is 6.07 Å².